The van der Waals surface area contributed by atoms with E-state index in [0.29, 0.717) is 6.54 Å². The Labute approximate surface area is 206 Å². The first-order chi connectivity index (χ1) is 16.0. The molecular formula is C30H55N2O+. The third-order valence-corrected chi connectivity index (χ3v) is 6.40. The van der Waals surface area contributed by atoms with E-state index in [9.17, 15) is 5.11 Å². The number of aliphatic hydroxyl groups excluding tert-OH is 1. The Balaban J connectivity index is 1.87. The lowest BCUT2D eigenvalue weighted by Gasteiger charge is -2.32. The van der Waals surface area contributed by atoms with Gasteiger partial charge < -0.3 is 14.9 Å². The number of nitrogens with one attached hydrogen (secondary N) is 1. The van der Waals surface area contributed by atoms with Gasteiger partial charge in [-0.1, -0.05) is 107 Å². The van der Waals surface area contributed by atoms with Crippen molar-refractivity contribution in [2.75, 3.05) is 33.7 Å². The summed E-state index contributed by atoms with van der Waals surface area (Å²) in [6.45, 7) is 5.72. The van der Waals surface area contributed by atoms with Gasteiger partial charge in [0.05, 0.1) is 14.1 Å². The van der Waals surface area contributed by atoms with Crippen molar-refractivity contribution in [2.45, 2.75) is 109 Å². The maximum absolute atomic E-state index is 10.4. The van der Waals surface area contributed by atoms with E-state index in [1.54, 1.807) is 0 Å². The summed E-state index contributed by atoms with van der Waals surface area (Å²) in [6, 6.07) is 10.6. The Kier molecular flexibility index (Phi) is 18.3. The van der Waals surface area contributed by atoms with E-state index >= 15 is 0 Å². The molecule has 33 heavy (non-hydrogen) atoms. The fourth-order valence-corrected chi connectivity index (χ4v) is 4.54. The van der Waals surface area contributed by atoms with Gasteiger partial charge in [-0.25, -0.2) is 0 Å². The molecule has 2 N–H and O–H groups in total. The second-order valence-corrected chi connectivity index (χ2v) is 10.6. The van der Waals surface area contributed by atoms with Crippen molar-refractivity contribution >= 4 is 0 Å². The Morgan fingerprint density at radius 3 is 1.94 bits per heavy atom. The van der Waals surface area contributed by atoms with Crippen LogP contribution in [0, 0.1) is 0 Å². The normalized spacial score (nSPS) is 13.1. The molecule has 3 nitrogen and oxygen atoms in total. The summed E-state index contributed by atoms with van der Waals surface area (Å²) in [6.07, 6.45) is 23.3. The van der Waals surface area contributed by atoms with Crippen LogP contribution in [0.3, 0.4) is 0 Å². The predicted molar refractivity (Wildman–Crippen MR) is 145 cm³/mol. The van der Waals surface area contributed by atoms with E-state index in [1.165, 1.54) is 95.5 Å². The highest BCUT2D eigenvalue weighted by molar-refractivity contribution is 5.13. The van der Waals surface area contributed by atoms with Crippen molar-refractivity contribution in [3.63, 3.8) is 0 Å². The first-order valence-corrected chi connectivity index (χ1v) is 13.9. The molecular weight excluding hydrogens is 404 g/mol. The summed E-state index contributed by atoms with van der Waals surface area (Å²) in [5, 5.41) is 13.9. The van der Waals surface area contributed by atoms with Crippen LogP contribution in [-0.4, -0.2) is 49.4 Å². The van der Waals surface area contributed by atoms with Gasteiger partial charge in [-0.3, -0.25) is 0 Å². The highest BCUT2D eigenvalue weighted by Crippen LogP contribution is 2.11. The molecule has 0 aliphatic heterocycles. The summed E-state index contributed by atoms with van der Waals surface area (Å²) >= 11 is 0. The largest absolute Gasteiger partial charge is 0.386 e. The van der Waals surface area contributed by atoms with Gasteiger partial charge in [-0.15, -0.1) is 0 Å². The summed E-state index contributed by atoms with van der Waals surface area (Å²) in [5.41, 5.74) is 1.33. The first-order valence-electron chi connectivity index (χ1n) is 13.9. The second kappa shape index (κ2) is 20.2. The fraction of sp³-hybridized carbons (Fsp3) is 0.733. The molecule has 0 radical (unpaired) electrons. The Bertz CT molecular complexity index is 570. The zero-order valence-electron chi connectivity index (χ0n) is 22.2. The van der Waals surface area contributed by atoms with Crippen LogP contribution in [0.1, 0.15) is 102 Å². The topological polar surface area (TPSA) is 32.3 Å². The van der Waals surface area contributed by atoms with Crippen molar-refractivity contribution in [1.82, 2.24) is 5.32 Å². The molecule has 0 aliphatic rings. The Hall–Kier alpha value is -1.16. The predicted octanol–water partition coefficient (Wildman–Crippen LogP) is 7.25. The van der Waals surface area contributed by atoms with Gasteiger partial charge in [-0.2, -0.15) is 0 Å². The van der Waals surface area contributed by atoms with Crippen molar-refractivity contribution < 1.29 is 9.59 Å². The number of rotatable bonds is 22. The van der Waals surface area contributed by atoms with Crippen molar-refractivity contribution in [3.8, 4) is 0 Å². The van der Waals surface area contributed by atoms with Crippen LogP contribution in [0.25, 0.3) is 0 Å². The fourth-order valence-electron chi connectivity index (χ4n) is 4.54. The van der Waals surface area contributed by atoms with Gasteiger partial charge in [0, 0.05) is 12.1 Å². The number of likely N-dealkylation sites (N-methyl/N-ethyl adjacent to an activating group) is 1. The van der Waals surface area contributed by atoms with Crippen LogP contribution >= 0.6 is 0 Å². The average Bonchev–Trinajstić information content (AvgIpc) is 2.78. The van der Waals surface area contributed by atoms with E-state index in [0.717, 1.165) is 24.1 Å². The maximum Gasteiger partial charge on any atom is 0.115 e. The minimum atomic E-state index is -0.294. The molecule has 1 rings (SSSR count). The zero-order valence-corrected chi connectivity index (χ0v) is 22.2. The van der Waals surface area contributed by atoms with Gasteiger partial charge in [-0.05, 0) is 38.6 Å². The molecule has 0 amide bonds. The number of quaternary nitrogens is 1. The third-order valence-electron chi connectivity index (χ3n) is 6.40. The minimum absolute atomic E-state index is 0.294. The molecule has 0 heterocycles. The van der Waals surface area contributed by atoms with E-state index < -0.39 is 0 Å². The molecule has 0 fully saturated rings. The number of hydrogen-bond acceptors (Lipinski definition) is 2. The van der Waals surface area contributed by atoms with E-state index in [1.807, 2.05) is 0 Å². The van der Waals surface area contributed by atoms with Gasteiger partial charge in [0.1, 0.15) is 19.2 Å². The van der Waals surface area contributed by atoms with Crippen molar-refractivity contribution in [2.24, 2.45) is 0 Å². The molecule has 0 spiro atoms. The van der Waals surface area contributed by atoms with Crippen LogP contribution in [0.2, 0.25) is 0 Å². The molecule has 0 bridgehead atoms. The number of benzene rings is 1. The monoisotopic (exact) mass is 459 g/mol. The van der Waals surface area contributed by atoms with E-state index in [4.69, 9.17) is 0 Å². The summed E-state index contributed by atoms with van der Waals surface area (Å²) < 4.78 is 0.807. The molecule has 1 aromatic rings. The van der Waals surface area contributed by atoms with E-state index in [-0.39, 0.29) is 6.10 Å². The minimum Gasteiger partial charge on any atom is -0.386 e. The highest BCUT2D eigenvalue weighted by Gasteiger charge is 2.20. The SMILES string of the molecule is CCCCCCCC/C=C\CCCCCCCCNCC(O)C[N+](C)(C)Cc1ccccc1. The number of unbranched alkanes of at least 4 members (excludes halogenated alkanes) is 12. The van der Waals surface area contributed by atoms with Crippen LogP contribution in [0.15, 0.2) is 42.5 Å². The van der Waals surface area contributed by atoms with Crippen molar-refractivity contribution in [3.05, 3.63) is 48.0 Å². The standard InChI is InChI=1S/C30H55N2O/c1-4-5-6-7-8-9-10-11-12-13-14-15-16-17-18-22-25-31-26-30(33)28-32(2,3)27-29-23-20-19-21-24-29/h11-12,19-21,23-24,30-31,33H,4-10,13-18,22,25-28H2,1-3H3/q+1/b12-11-. The van der Waals surface area contributed by atoms with Gasteiger partial charge in [0.15, 0.2) is 0 Å². The number of hydrogen-bond donors (Lipinski definition) is 2. The molecule has 1 atom stereocenters. The lowest BCUT2D eigenvalue weighted by molar-refractivity contribution is -0.906. The number of allylic oxidation sites excluding steroid dienone is 2. The highest BCUT2D eigenvalue weighted by atomic mass is 16.3. The van der Waals surface area contributed by atoms with Crippen LogP contribution in [0.4, 0.5) is 0 Å². The molecule has 1 aromatic carbocycles. The molecule has 0 aliphatic carbocycles. The molecule has 0 saturated carbocycles. The smallest absolute Gasteiger partial charge is 0.115 e. The zero-order chi connectivity index (χ0) is 24.0. The number of nitrogens with zero attached hydrogens (tertiary/aromatic N) is 1. The lowest BCUT2D eigenvalue weighted by Crippen LogP contribution is -2.47. The quantitative estimate of drug-likeness (QED) is 0.109. The molecule has 1 unspecified atom stereocenters. The summed E-state index contributed by atoms with van der Waals surface area (Å²) in [5.74, 6) is 0. The Morgan fingerprint density at radius 1 is 0.788 bits per heavy atom. The summed E-state index contributed by atoms with van der Waals surface area (Å²) in [4.78, 5) is 0. The average molecular weight is 460 g/mol. The molecule has 0 aromatic heterocycles. The van der Waals surface area contributed by atoms with Gasteiger partial charge in [0.25, 0.3) is 0 Å². The van der Waals surface area contributed by atoms with Crippen molar-refractivity contribution in [1.29, 1.82) is 0 Å². The molecule has 0 saturated heterocycles. The lowest BCUT2D eigenvalue weighted by atomic mass is 10.1. The second-order valence-electron chi connectivity index (χ2n) is 10.6. The van der Waals surface area contributed by atoms with Crippen LogP contribution < -0.4 is 5.32 Å². The Morgan fingerprint density at radius 2 is 1.33 bits per heavy atom. The third kappa shape index (κ3) is 18.9. The first kappa shape index (κ1) is 29.9. The molecule has 3 heteroatoms. The van der Waals surface area contributed by atoms with Crippen LogP contribution in [0.5, 0.6) is 0 Å². The summed E-state index contributed by atoms with van der Waals surface area (Å²) in [7, 11) is 4.39. The van der Waals surface area contributed by atoms with Gasteiger partial charge in [0.2, 0.25) is 0 Å². The maximum atomic E-state index is 10.4. The van der Waals surface area contributed by atoms with Gasteiger partial charge >= 0.3 is 0 Å². The number of aliphatic hydroxyl groups is 1. The molecule has 190 valence electrons. The van der Waals surface area contributed by atoms with E-state index in [2.05, 4.69) is 68.8 Å². The van der Waals surface area contributed by atoms with Crippen LogP contribution in [-0.2, 0) is 6.54 Å².